The molecule has 0 spiro atoms. The van der Waals surface area contributed by atoms with Crippen LogP contribution in [0, 0.1) is 11.8 Å². The van der Waals surface area contributed by atoms with E-state index in [1.54, 1.807) is 0 Å². The van der Waals surface area contributed by atoms with E-state index in [1.165, 1.54) is 55.9 Å². The molecule has 0 heterocycles. The predicted octanol–water partition coefficient (Wildman–Crippen LogP) is 14.6. The molecule has 0 saturated heterocycles. The van der Waals surface area contributed by atoms with Gasteiger partial charge in [-0.05, 0) is 173 Å². The van der Waals surface area contributed by atoms with Crippen molar-refractivity contribution in [3.8, 4) is 33.8 Å². The maximum atomic E-state index is 6.15. The summed E-state index contributed by atoms with van der Waals surface area (Å²) in [6.45, 7) is 35.1. The van der Waals surface area contributed by atoms with Crippen molar-refractivity contribution in [3.63, 3.8) is 0 Å². The fraction of sp³-hybridized carbons (Fsp3) is 0.520. The lowest BCUT2D eigenvalue weighted by molar-refractivity contribution is 0.238. The van der Waals surface area contributed by atoms with Crippen LogP contribution in [0.3, 0.4) is 0 Å². The van der Waals surface area contributed by atoms with Crippen molar-refractivity contribution in [3.05, 3.63) is 95.1 Å². The molecule has 0 aliphatic carbocycles. The molecule has 0 atom stereocenters. The van der Waals surface area contributed by atoms with Gasteiger partial charge in [-0.1, -0.05) is 91.8 Å². The third-order valence-electron chi connectivity index (χ3n) is 9.02. The van der Waals surface area contributed by atoms with Crippen LogP contribution in [0.15, 0.2) is 72.8 Å². The van der Waals surface area contributed by atoms with Crippen LogP contribution in [-0.2, 0) is 12.8 Å². The van der Waals surface area contributed by atoms with Crippen LogP contribution in [0.25, 0.3) is 22.3 Å². The lowest BCUT2D eigenvalue weighted by Gasteiger charge is -2.20. The Morgan fingerprint density at radius 1 is 0.407 bits per heavy atom. The van der Waals surface area contributed by atoms with Gasteiger partial charge < -0.3 is 20.1 Å². The fourth-order valence-electron chi connectivity index (χ4n) is 6.74. The van der Waals surface area contributed by atoms with Gasteiger partial charge in [0.1, 0.15) is 11.5 Å². The summed E-state index contributed by atoms with van der Waals surface area (Å²) in [6.07, 6.45) is 2.37. The van der Waals surface area contributed by atoms with Gasteiger partial charge in [-0.25, -0.2) is 0 Å². The van der Waals surface area contributed by atoms with Crippen molar-refractivity contribution in [2.75, 3.05) is 10.6 Å². The Bertz CT molecular complexity index is 1620. The van der Waals surface area contributed by atoms with Gasteiger partial charge in [-0.3, -0.25) is 0 Å². The average Bonchev–Trinajstić information content (AvgIpc) is 3.05. The number of nitrogens with one attached hydrogen (secondary N) is 2. The maximum absolute atomic E-state index is 6.15. The van der Waals surface area contributed by atoms with E-state index in [9.17, 15) is 0 Å². The van der Waals surface area contributed by atoms with E-state index in [2.05, 4.69) is 194 Å². The van der Waals surface area contributed by atoms with Gasteiger partial charge in [0.2, 0.25) is 0 Å². The van der Waals surface area contributed by atoms with Gasteiger partial charge in [0.25, 0.3) is 0 Å². The second-order valence-electron chi connectivity index (χ2n) is 17.7. The standard InChI is InChI=1S/C26H38O2.C24H36N2/c1-17(2)13-23-11-9-21(15-25(23)27-19(5)6)22-10-12-24(14-18(3)4)26(16-22)28-20(7)8;1-15(2)21-13-19(9-11-23(21)25-17(5)6)20-10-12-24(26-18(7)8)22(14-20)16(3)4/h9-12,15-20H,13-14H2,1-8H3;9-18,25-26H,1-8H3. The van der Waals surface area contributed by atoms with Crippen molar-refractivity contribution in [1.82, 2.24) is 0 Å². The molecule has 0 aromatic heterocycles. The van der Waals surface area contributed by atoms with E-state index in [4.69, 9.17) is 9.47 Å². The summed E-state index contributed by atoms with van der Waals surface area (Å²) >= 11 is 0. The number of hydrogen-bond donors (Lipinski definition) is 2. The van der Waals surface area contributed by atoms with E-state index >= 15 is 0 Å². The summed E-state index contributed by atoms with van der Waals surface area (Å²) in [5.74, 6) is 4.17. The van der Waals surface area contributed by atoms with Gasteiger partial charge in [0.15, 0.2) is 0 Å². The minimum absolute atomic E-state index is 0.161. The van der Waals surface area contributed by atoms with Crippen LogP contribution in [0.4, 0.5) is 11.4 Å². The highest BCUT2D eigenvalue weighted by Crippen LogP contribution is 2.36. The van der Waals surface area contributed by atoms with E-state index < -0.39 is 0 Å². The minimum Gasteiger partial charge on any atom is -0.491 e. The molecule has 0 unspecified atom stereocenters. The monoisotopic (exact) mass is 735 g/mol. The summed E-state index contributed by atoms with van der Waals surface area (Å²) in [4.78, 5) is 0. The highest BCUT2D eigenvalue weighted by Gasteiger charge is 2.15. The topological polar surface area (TPSA) is 42.5 Å². The number of ether oxygens (including phenoxy) is 2. The van der Waals surface area contributed by atoms with Crippen molar-refractivity contribution in [1.29, 1.82) is 0 Å². The normalized spacial score (nSPS) is 11.7. The molecular weight excluding hydrogens is 661 g/mol. The number of hydrogen-bond acceptors (Lipinski definition) is 4. The molecule has 0 fully saturated rings. The molecule has 4 aromatic carbocycles. The van der Waals surface area contributed by atoms with Crippen LogP contribution in [0.2, 0.25) is 0 Å². The first kappa shape index (κ1) is 44.5. The van der Waals surface area contributed by atoms with Crippen molar-refractivity contribution < 1.29 is 9.47 Å². The Hall–Kier alpha value is -3.92. The summed E-state index contributed by atoms with van der Waals surface area (Å²) in [6, 6.07) is 27.8. The summed E-state index contributed by atoms with van der Waals surface area (Å²) in [5, 5.41) is 7.17. The molecule has 0 radical (unpaired) electrons. The van der Waals surface area contributed by atoms with Crippen LogP contribution in [-0.4, -0.2) is 24.3 Å². The van der Waals surface area contributed by atoms with Crippen LogP contribution in [0.1, 0.15) is 145 Å². The smallest absolute Gasteiger partial charge is 0.123 e. The zero-order chi connectivity index (χ0) is 40.3. The number of anilines is 2. The summed E-state index contributed by atoms with van der Waals surface area (Å²) in [7, 11) is 0. The summed E-state index contributed by atoms with van der Waals surface area (Å²) < 4.78 is 12.3. The second-order valence-corrected chi connectivity index (χ2v) is 17.7. The lowest BCUT2D eigenvalue weighted by Crippen LogP contribution is -2.12. The molecule has 54 heavy (non-hydrogen) atoms. The quantitative estimate of drug-likeness (QED) is 0.120. The molecule has 0 aliphatic heterocycles. The molecule has 4 aromatic rings. The van der Waals surface area contributed by atoms with Crippen LogP contribution < -0.4 is 20.1 Å². The summed E-state index contributed by atoms with van der Waals surface area (Å²) in [5.41, 5.74) is 12.8. The first-order chi connectivity index (χ1) is 25.3. The molecule has 0 aliphatic rings. The van der Waals surface area contributed by atoms with Gasteiger partial charge in [0, 0.05) is 23.5 Å². The second kappa shape index (κ2) is 20.7. The van der Waals surface area contributed by atoms with E-state index in [0.29, 0.717) is 35.8 Å². The van der Waals surface area contributed by atoms with Crippen molar-refractivity contribution in [2.24, 2.45) is 11.8 Å². The maximum Gasteiger partial charge on any atom is 0.123 e. The van der Waals surface area contributed by atoms with E-state index in [-0.39, 0.29) is 12.2 Å². The van der Waals surface area contributed by atoms with E-state index in [1.807, 2.05) is 0 Å². The third-order valence-corrected chi connectivity index (χ3v) is 9.02. The predicted molar refractivity (Wildman–Crippen MR) is 238 cm³/mol. The molecule has 0 amide bonds. The van der Waals surface area contributed by atoms with E-state index in [0.717, 1.165) is 24.3 Å². The van der Waals surface area contributed by atoms with Crippen LogP contribution in [0.5, 0.6) is 11.5 Å². The SMILES string of the molecule is CC(C)Cc1ccc(-c2ccc(CC(C)C)c(OC(C)C)c2)cc1OC(C)C.CC(C)Nc1ccc(-c2ccc(NC(C)C)c(C(C)C)c2)cc1C(C)C. The Balaban J connectivity index is 0.000000291. The van der Waals surface area contributed by atoms with Gasteiger partial charge in [-0.2, -0.15) is 0 Å². The highest BCUT2D eigenvalue weighted by molar-refractivity contribution is 5.73. The number of benzene rings is 4. The van der Waals surface area contributed by atoms with Gasteiger partial charge >= 0.3 is 0 Å². The molecule has 296 valence electrons. The third kappa shape index (κ3) is 13.7. The highest BCUT2D eigenvalue weighted by atomic mass is 16.5. The Morgan fingerprint density at radius 2 is 0.722 bits per heavy atom. The van der Waals surface area contributed by atoms with Crippen molar-refractivity contribution >= 4 is 11.4 Å². The largest absolute Gasteiger partial charge is 0.491 e. The van der Waals surface area contributed by atoms with Gasteiger partial charge in [0.05, 0.1) is 12.2 Å². The zero-order valence-corrected chi connectivity index (χ0v) is 36.8. The van der Waals surface area contributed by atoms with Crippen LogP contribution >= 0.6 is 0 Å². The number of rotatable bonds is 16. The molecule has 4 nitrogen and oxygen atoms in total. The first-order valence-corrected chi connectivity index (χ1v) is 20.7. The molecule has 4 heteroatoms. The fourth-order valence-corrected chi connectivity index (χ4v) is 6.74. The Kier molecular flexibility index (Phi) is 17.0. The average molecular weight is 735 g/mol. The lowest BCUT2D eigenvalue weighted by atomic mass is 9.92. The molecule has 0 bridgehead atoms. The van der Waals surface area contributed by atoms with Crippen molar-refractivity contribution in [2.45, 2.75) is 160 Å². The minimum atomic E-state index is 0.161. The Morgan fingerprint density at radius 3 is 1.00 bits per heavy atom. The molecule has 4 rings (SSSR count). The zero-order valence-electron chi connectivity index (χ0n) is 36.8. The molecular formula is C50H74N2O2. The Labute approximate surface area is 330 Å². The first-order valence-electron chi connectivity index (χ1n) is 20.7. The molecule has 2 N–H and O–H groups in total. The molecule has 0 saturated carbocycles. The van der Waals surface area contributed by atoms with Gasteiger partial charge in [-0.15, -0.1) is 0 Å².